The number of hydrogen-bond acceptors (Lipinski definition) is 10. The second kappa shape index (κ2) is 10.7. The Bertz CT molecular complexity index is 1070. The normalized spacial score (nSPS) is 13.1. The Morgan fingerprint density at radius 2 is 1.90 bits per heavy atom. The molecule has 3 rings (SSSR count). The van der Waals surface area contributed by atoms with Gasteiger partial charge in [-0.05, 0) is 42.3 Å². The van der Waals surface area contributed by atoms with E-state index in [0.717, 1.165) is 5.56 Å². The van der Waals surface area contributed by atoms with E-state index in [4.69, 9.17) is 4.55 Å². The van der Waals surface area contributed by atoms with Crippen molar-refractivity contribution in [3.05, 3.63) is 54.9 Å². The molecule has 164 valence electrons. The Hall–Kier alpha value is -3.28. The van der Waals surface area contributed by atoms with Crippen LogP contribution in [0.1, 0.15) is 13.8 Å². The van der Waals surface area contributed by atoms with Gasteiger partial charge in [-0.2, -0.15) is 4.98 Å². The highest BCUT2D eigenvalue weighted by atomic mass is 32.2. The first-order chi connectivity index (χ1) is 14.9. The molecule has 1 aromatic carbocycles. The van der Waals surface area contributed by atoms with Gasteiger partial charge in [-0.3, -0.25) is 15.8 Å². The number of hydrazine groups is 1. The minimum Gasteiger partial charge on any atom is -0.454 e. The summed E-state index contributed by atoms with van der Waals surface area (Å²) < 4.78 is 23.1. The number of nitrogens with zero attached hydrogens (tertiary/aromatic N) is 4. The zero-order valence-electron chi connectivity index (χ0n) is 17.1. The standard InChI is InChI=1S/C20H24N7O3S/c1-13(2)18(12-28)23-20-22-17(14-4-3-9-21-11-14)10-19(24-20)26-25-15-5-7-16(8-6-15)27-31(29)30/h3-11,13,18,25,28H,12H2,1-2H3,(H,27,29,30)(H2,22,23,24,26)/q-1/t18-/m1/s1. The predicted octanol–water partition coefficient (Wildman–Crippen LogP) is 3.66. The molecule has 0 radical (unpaired) electrons. The van der Waals surface area contributed by atoms with Crippen molar-refractivity contribution in [2.24, 2.45) is 10.3 Å². The van der Waals surface area contributed by atoms with Crippen LogP contribution in [0.2, 0.25) is 0 Å². The molecule has 0 saturated carbocycles. The maximum Gasteiger partial charge on any atom is 0.225 e. The van der Waals surface area contributed by atoms with E-state index in [9.17, 15) is 9.32 Å². The number of nitrogens with one attached hydrogen (secondary N) is 3. The lowest BCUT2D eigenvalue weighted by Crippen LogP contribution is -2.30. The van der Waals surface area contributed by atoms with Crippen LogP contribution in [0.3, 0.4) is 0 Å². The summed E-state index contributed by atoms with van der Waals surface area (Å²) in [6.45, 7) is 3.96. The van der Waals surface area contributed by atoms with Gasteiger partial charge in [-0.25, -0.2) is 4.98 Å². The average Bonchev–Trinajstić information content (AvgIpc) is 2.77. The van der Waals surface area contributed by atoms with Crippen LogP contribution in [0.25, 0.3) is 11.3 Å². The summed E-state index contributed by atoms with van der Waals surface area (Å²) in [5.74, 6) is 1.06. The molecule has 0 aliphatic carbocycles. The topological polar surface area (TPSA) is 145 Å². The zero-order valence-corrected chi connectivity index (χ0v) is 17.9. The van der Waals surface area contributed by atoms with E-state index >= 15 is 0 Å². The number of aliphatic hydroxyl groups is 1. The van der Waals surface area contributed by atoms with Gasteiger partial charge in [-0.15, -0.1) is 0 Å². The molecule has 31 heavy (non-hydrogen) atoms. The van der Waals surface area contributed by atoms with Crippen LogP contribution in [-0.4, -0.2) is 37.3 Å². The van der Waals surface area contributed by atoms with Crippen molar-refractivity contribution in [1.29, 1.82) is 0 Å². The highest BCUT2D eigenvalue weighted by Crippen LogP contribution is 2.22. The third kappa shape index (κ3) is 6.60. The lowest BCUT2D eigenvalue weighted by atomic mass is 10.1. The molecule has 0 unspecified atom stereocenters. The van der Waals surface area contributed by atoms with E-state index in [0.29, 0.717) is 28.8 Å². The van der Waals surface area contributed by atoms with Crippen LogP contribution < -0.4 is 16.2 Å². The Balaban J connectivity index is 1.83. The molecule has 0 aliphatic rings. The number of benzene rings is 1. The lowest BCUT2D eigenvalue weighted by Gasteiger charge is -2.21. The molecule has 0 saturated heterocycles. The third-order valence-corrected chi connectivity index (χ3v) is 4.75. The number of pyridine rings is 1. The van der Waals surface area contributed by atoms with Crippen molar-refractivity contribution in [2.75, 3.05) is 22.8 Å². The van der Waals surface area contributed by atoms with Gasteiger partial charge >= 0.3 is 0 Å². The quantitative estimate of drug-likeness (QED) is 0.190. The minimum absolute atomic E-state index is 0.0464. The van der Waals surface area contributed by atoms with Crippen molar-refractivity contribution in [3.63, 3.8) is 0 Å². The number of aromatic nitrogens is 3. The van der Waals surface area contributed by atoms with E-state index in [1.54, 1.807) is 42.7 Å². The molecule has 0 aliphatic heterocycles. The summed E-state index contributed by atoms with van der Waals surface area (Å²) in [7, 11) is -2.25. The maximum atomic E-state index is 10.8. The van der Waals surface area contributed by atoms with Gasteiger partial charge in [0.2, 0.25) is 5.95 Å². The Morgan fingerprint density at radius 1 is 1.13 bits per heavy atom. The van der Waals surface area contributed by atoms with Gasteiger partial charge in [0, 0.05) is 29.7 Å². The summed E-state index contributed by atoms with van der Waals surface area (Å²) in [5, 5.41) is 12.8. The molecular formula is C20H24N7O3S-. The highest BCUT2D eigenvalue weighted by molar-refractivity contribution is 7.68. The summed E-state index contributed by atoms with van der Waals surface area (Å²) in [6, 6.07) is 11.9. The first kappa shape index (κ1) is 22.4. The number of rotatable bonds is 9. The Morgan fingerprint density at radius 3 is 2.52 bits per heavy atom. The van der Waals surface area contributed by atoms with Crippen LogP contribution in [0.15, 0.2) is 59.2 Å². The van der Waals surface area contributed by atoms with Crippen LogP contribution in [-0.2, 0) is 15.1 Å². The molecule has 3 aromatic rings. The summed E-state index contributed by atoms with van der Waals surface area (Å²) in [5.41, 5.74) is 8.63. The Kier molecular flexibility index (Phi) is 7.70. The smallest absolute Gasteiger partial charge is 0.225 e. The summed E-state index contributed by atoms with van der Waals surface area (Å²) in [4.78, 5) is 13.2. The molecule has 0 bridgehead atoms. The largest absolute Gasteiger partial charge is 0.454 e. The van der Waals surface area contributed by atoms with Gasteiger partial charge < -0.3 is 23.5 Å². The molecule has 5 N–H and O–H groups in total. The molecule has 2 aromatic heterocycles. The fraction of sp³-hybridized carbons (Fsp3) is 0.250. The second-order valence-corrected chi connectivity index (χ2v) is 7.64. The lowest BCUT2D eigenvalue weighted by molar-refractivity contribution is 0.248. The zero-order chi connectivity index (χ0) is 22.2. The van der Waals surface area contributed by atoms with E-state index in [2.05, 4.69) is 35.5 Å². The van der Waals surface area contributed by atoms with Crippen molar-refractivity contribution in [3.8, 4) is 11.3 Å². The Labute approximate surface area is 182 Å². The molecule has 10 nitrogen and oxygen atoms in total. The highest BCUT2D eigenvalue weighted by Gasteiger charge is 2.15. The monoisotopic (exact) mass is 442 g/mol. The van der Waals surface area contributed by atoms with Gasteiger partial charge in [0.1, 0.15) is 0 Å². The average molecular weight is 443 g/mol. The molecule has 11 heteroatoms. The molecule has 2 heterocycles. The first-order valence-corrected chi connectivity index (χ1v) is 10.6. The van der Waals surface area contributed by atoms with E-state index < -0.39 is 10.9 Å². The summed E-state index contributed by atoms with van der Waals surface area (Å²) in [6.07, 6.45) is 3.40. The van der Waals surface area contributed by atoms with Gasteiger partial charge in [-0.1, -0.05) is 24.7 Å². The molecule has 0 amide bonds. The SMILES string of the molecule is CC(C)[C@@H](CO)Nc1nc(NNc2ccc(N=[S-](=O)O)cc2)cc(-c2cccnc2)n1. The predicted molar refractivity (Wildman–Crippen MR) is 121 cm³/mol. The van der Waals surface area contributed by atoms with Crippen molar-refractivity contribution >= 4 is 34.0 Å². The summed E-state index contributed by atoms with van der Waals surface area (Å²) >= 11 is 0. The molecular weight excluding hydrogens is 418 g/mol. The van der Waals surface area contributed by atoms with Crippen LogP contribution >= 0.6 is 0 Å². The van der Waals surface area contributed by atoms with Gasteiger partial charge in [0.05, 0.1) is 24.0 Å². The fourth-order valence-electron chi connectivity index (χ4n) is 2.66. The number of aliphatic hydroxyl groups excluding tert-OH is 1. The van der Waals surface area contributed by atoms with Crippen molar-refractivity contribution in [1.82, 2.24) is 15.0 Å². The van der Waals surface area contributed by atoms with E-state index in [1.165, 1.54) is 0 Å². The number of anilines is 3. The van der Waals surface area contributed by atoms with E-state index in [1.807, 2.05) is 26.0 Å². The molecule has 1 atom stereocenters. The van der Waals surface area contributed by atoms with Crippen LogP contribution in [0.5, 0.6) is 0 Å². The van der Waals surface area contributed by atoms with Gasteiger partial charge in [0.25, 0.3) is 0 Å². The first-order valence-electron chi connectivity index (χ1n) is 9.56. The number of hydrogen-bond donors (Lipinski definition) is 5. The van der Waals surface area contributed by atoms with Crippen LogP contribution in [0.4, 0.5) is 23.1 Å². The minimum atomic E-state index is -2.25. The molecule has 0 spiro atoms. The third-order valence-electron chi connectivity index (χ3n) is 4.39. The van der Waals surface area contributed by atoms with Crippen LogP contribution in [0, 0.1) is 5.92 Å². The van der Waals surface area contributed by atoms with E-state index in [-0.39, 0.29) is 18.6 Å². The maximum absolute atomic E-state index is 10.8. The van der Waals surface area contributed by atoms with Gasteiger partial charge in [0.15, 0.2) is 5.82 Å². The van der Waals surface area contributed by atoms with Crippen molar-refractivity contribution < 1.29 is 13.9 Å². The molecule has 0 fully saturated rings. The second-order valence-electron chi connectivity index (χ2n) is 7.00. The fourth-order valence-corrected chi connectivity index (χ4v) is 2.96. The van der Waals surface area contributed by atoms with Crippen molar-refractivity contribution in [2.45, 2.75) is 19.9 Å².